The maximum absolute atomic E-state index is 13.8. The third kappa shape index (κ3) is 4.03. The summed E-state index contributed by atoms with van der Waals surface area (Å²) >= 11 is 3.49. The molecule has 0 aromatic heterocycles. The Labute approximate surface area is 132 Å². The lowest BCUT2D eigenvalue weighted by Crippen LogP contribution is -1.99. The summed E-state index contributed by atoms with van der Waals surface area (Å²) in [6.45, 7) is 1.64. The SMILES string of the molecule is COc1ccc(CCC(Br)c2cc(C)c(F)cc2F)cc1. The first-order valence-corrected chi connectivity index (χ1v) is 7.65. The van der Waals surface area contributed by atoms with Gasteiger partial charge in [0, 0.05) is 16.5 Å². The van der Waals surface area contributed by atoms with Crippen LogP contribution in [0.4, 0.5) is 8.78 Å². The smallest absolute Gasteiger partial charge is 0.130 e. The summed E-state index contributed by atoms with van der Waals surface area (Å²) in [4.78, 5) is -0.140. The van der Waals surface area contributed by atoms with Crippen molar-refractivity contribution in [2.45, 2.75) is 24.6 Å². The zero-order valence-corrected chi connectivity index (χ0v) is 13.6. The first-order valence-electron chi connectivity index (χ1n) is 6.74. The molecule has 0 aliphatic rings. The number of aryl methyl sites for hydroxylation is 2. The van der Waals surface area contributed by atoms with Crippen LogP contribution in [0.5, 0.6) is 5.75 Å². The van der Waals surface area contributed by atoms with E-state index in [1.54, 1.807) is 20.1 Å². The second-order valence-corrected chi connectivity index (χ2v) is 6.08. The minimum atomic E-state index is -0.508. The number of hydrogen-bond acceptors (Lipinski definition) is 1. The van der Waals surface area contributed by atoms with E-state index in [1.165, 1.54) is 0 Å². The van der Waals surface area contributed by atoms with Gasteiger partial charge in [0.05, 0.1) is 7.11 Å². The molecule has 0 saturated carbocycles. The van der Waals surface area contributed by atoms with Crippen molar-refractivity contribution in [1.82, 2.24) is 0 Å². The van der Waals surface area contributed by atoms with Crippen molar-refractivity contribution in [3.05, 3.63) is 64.7 Å². The van der Waals surface area contributed by atoms with Crippen LogP contribution in [-0.4, -0.2) is 7.11 Å². The molecule has 0 radical (unpaired) electrons. The van der Waals surface area contributed by atoms with Crippen molar-refractivity contribution >= 4 is 15.9 Å². The van der Waals surface area contributed by atoms with Gasteiger partial charge < -0.3 is 4.74 Å². The van der Waals surface area contributed by atoms with Crippen LogP contribution in [-0.2, 0) is 6.42 Å². The zero-order valence-electron chi connectivity index (χ0n) is 12.0. The normalized spacial score (nSPS) is 12.2. The summed E-state index contributed by atoms with van der Waals surface area (Å²) in [5.74, 6) is -0.199. The van der Waals surface area contributed by atoms with Crippen LogP contribution in [0, 0.1) is 18.6 Å². The summed E-state index contributed by atoms with van der Waals surface area (Å²) in [5, 5.41) is 0. The number of halogens is 3. The molecular weight excluding hydrogens is 338 g/mol. The highest BCUT2D eigenvalue weighted by Gasteiger charge is 2.15. The topological polar surface area (TPSA) is 9.23 Å². The molecule has 2 rings (SSSR count). The van der Waals surface area contributed by atoms with Gasteiger partial charge in [0.1, 0.15) is 17.4 Å². The van der Waals surface area contributed by atoms with Crippen LogP contribution < -0.4 is 4.74 Å². The van der Waals surface area contributed by atoms with Gasteiger partial charge >= 0.3 is 0 Å². The number of benzene rings is 2. The maximum Gasteiger partial charge on any atom is 0.130 e. The van der Waals surface area contributed by atoms with Gasteiger partial charge in [-0.3, -0.25) is 0 Å². The van der Waals surface area contributed by atoms with Crippen LogP contribution in [0.25, 0.3) is 0 Å². The molecular formula is C17H17BrF2O. The van der Waals surface area contributed by atoms with E-state index < -0.39 is 11.6 Å². The lowest BCUT2D eigenvalue weighted by molar-refractivity contribution is 0.414. The Kier molecular flexibility index (Phi) is 5.34. The predicted octanol–water partition coefficient (Wildman–Crippen LogP) is 5.35. The van der Waals surface area contributed by atoms with Crippen molar-refractivity contribution in [3.63, 3.8) is 0 Å². The number of ether oxygens (including phenoxy) is 1. The number of methoxy groups -OCH3 is 1. The molecule has 0 saturated heterocycles. The first kappa shape index (κ1) is 16.0. The molecule has 21 heavy (non-hydrogen) atoms. The second-order valence-electron chi connectivity index (χ2n) is 4.98. The fourth-order valence-electron chi connectivity index (χ4n) is 2.16. The molecule has 0 fully saturated rings. The molecule has 0 heterocycles. The van der Waals surface area contributed by atoms with Gasteiger partial charge in [-0.2, -0.15) is 0 Å². The largest absolute Gasteiger partial charge is 0.497 e. The lowest BCUT2D eigenvalue weighted by Gasteiger charge is -2.13. The van der Waals surface area contributed by atoms with Crippen LogP contribution in [0.2, 0.25) is 0 Å². The van der Waals surface area contributed by atoms with Crippen molar-refractivity contribution in [2.24, 2.45) is 0 Å². The quantitative estimate of drug-likeness (QED) is 0.657. The standard InChI is InChI=1S/C17H17BrF2O/c1-11-9-14(17(20)10-16(11)19)15(18)8-5-12-3-6-13(21-2)7-4-12/h3-4,6-7,9-10,15H,5,8H2,1-2H3. The molecule has 1 atom stereocenters. The van der Waals surface area contributed by atoms with Gasteiger partial charge in [-0.05, 0) is 49.1 Å². The summed E-state index contributed by atoms with van der Waals surface area (Å²) in [6, 6.07) is 10.3. The van der Waals surface area contributed by atoms with Gasteiger partial charge in [-0.15, -0.1) is 0 Å². The Morgan fingerprint density at radius 3 is 2.38 bits per heavy atom. The monoisotopic (exact) mass is 354 g/mol. The molecule has 1 unspecified atom stereocenters. The van der Waals surface area contributed by atoms with E-state index >= 15 is 0 Å². The molecule has 0 spiro atoms. The fraction of sp³-hybridized carbons (Fsp3) is 0.294. The Hall–Kier alpha value is -1.42. The van der Waals surface area contributed by atoms with Crippen LogP contribution in [0.1, 0.15) is 27.9 Å². The third-order valence-corrected chi connectivity index (χ3v) is 4.41. The number of rotatable bonds is 5. The van der Waals surface area contributed by atoms with Gasteiger partial charge in [0.25, 0.3) is 0 Å². The Morgan fingerprint density at radius 1 is 1.10 bits per heavy atom. The highest BCUT2D eigenvalue weighted by atomic mass is 79.9. The summed E-state index contributed by atoms with van der Waals surface area (Å²) in [5.41, 5.74) is 2.11. The summed E-state index contributed by atoms with van der Waals surface area (Å²) < 4.78 is 32.2. The van der Waals surface area contributed by atoms with Gasteiger partial charge in [0.15, 0.2) is 0 Å². The van der Waals surface area contributed by atoms with Gasteiger partial charge in [-0.1, -0.05) is 28.1 Å². The van der Waals surface area contributed by atoms with E-state index in [1.807, 2.05) is 24.3 Å². The zero-order chi connectivity index (χ0) is 15.4. The molecule has 2 aromatic rings. The van der Waals surface area contributed by atoms with E-state index in [2.05, 4.69) is 15.9 Å². The molecule has 0 amide bonds. The van der Waals surface area contributed by atoms with Crippen LogP contribution >= 0.6 is 15.9 Å². The van der Waals surface area contributed by atoms with Crippen molar-refractivity contribution in [1.29, 1.82) is 0 Å². The molecule has 0 aliphatic carbocycles. The summed E-state index contributed by atoms with van der Waals surface area (Å²) in [7, 11) is 1.63. The van der Waals surface area contributed by atoms with Crippen molar-refractivity contribution < 1.29 is 13.5 Å². The summed E-state index contributed by atoms with van der Waals surface area (Å²) in [6.07, 6.45) is 1.53. The molecule has 0 aliphatic heterocycles. The average Bonchev–Trinajstić information content (AvgIpc) is 2.49. The van der Waals surface area contributed by atoms with E-state index in [-0.39, 0.29) is 4.83 Å². The Morgan fingerprint density at radius 2 is 1.76 bits per heavy atom. The van der Waals surface area contributed by atoms with Crippen LogP contribution in [0.3, 0.4) is 0 Å². The van der Waals surface area contributed by atoms with E-state index in [0.29, 0.717) is 11.1 Å². The molecule has 2 aromatic carbocycles. The number of alkyl halides is 1. The highest BCUT2D eigenvalue weighted by molar-refractivity contribution is 9.09. The van der Waals surface area contributed by atoms with Crippen molar-refractivity contribution in [2.75, 3.05) is 7.11 Å². The minimum absolute atomic E-state index is 0.140. The molecule has 4 heteroatoms. The fourth-order valence-corrected chi connectivity index (χ4v) is 2.74. The van der Waals surface area contributed by atoms with Gasteiger partial charge in [0.2, 0.25) is 0 Å². The number of hydrogen-bond donors (Lipinski definition) is 0. The van der Waals surface area contributed by atoms with E-state index in [4.69, 9.17) is 4.74 Å². The predicted molar refractivity (Wildman–Crippen MR) is 84.1 cm³/mol. The highest BCUT2D eigenvalue weighted by Crippen LogP contribution is 2.31. The Balaban J connectivity index is 2.04. The van der Waals surface area contributed by atoms with Crippen LogP contribution in [0.15, 0.2) is 36.4 Å². The second kappa shape index (κ2) is 7.03. The Bertz CT molecular complexity index is 611. The van der Waals surface area contributed by atoms with E-state index in [0.717, 1.165) is 30.2 Å². The van der Waals surface area contributed by atoms with Crippen molar-refractivity contribution in [3.8, 4) is 5.75 Å². The molecule has 1 nitrogen and oxygen atoms in total. The minimum Gasteiger partial charge on any atom is -0.497 e. The maximum atomic E-state index is 13.8. The molecule has 0 N–H and O–H groups in total. The molecule has 112 valence electrons. The average molecular weight is 355 g/mol. The molecule has 0 bridgehead atoms. The van der Waals surface area contributed by atoms with Gasteiger partial charge in [-0.25, -0.2) is 8.78 Å². The lowest BCUT2D eigenvalue weighted by atomic mass is 10.0. The first-order chi connectivity index (χ1) is 10.0. The van der Waals surface area contributed by atoms with E-state index in [9.17, 15) is 8.78 Å². The third-order valence-electron chi connectivity index (χ3n) is 3.46.